The molecule has 2 aromatic carbocycles. The van der Waals surface area contributed by atoms with E-state index in [1.54, 1.807) is 16.9 Å². The molecule has 3 aromatic rings. The summed E-state index contributed by atoms with van der Waals surface area (Å²) in [5.74, 6) is 0.686. The first-order valence-electron chi connectivity index (χ1n) is 9.62. The van der Waals surface area contributed by atoms with Crippen molar-refractivity contribution in [2.75, 3.05) is 38.6 Å². The van der Waals surface area contributed by atoms with Crippen LogP contribution in [0.3, 0.4) is 0 Å². The highest BCUT2D eigenvalue weighted by atomic mass is 16.5. The molecule has 0 saturated carbocycles. The quantitative estimate of drug-likeness (QED) is 0.716. The van der Waals surface area contributed by atoms with Crippen molar-refractivity contribution in [2.45, 2.75) is 6.92 Å². The van der Waals surface area contributed by atoms with Gasteiger partial charge in [0.1, 0.15) is 11.4 Å². The highest BCUT2D eigenvalue weighted by Gasteiger charge is 2.25. The minimum absolute atomic E-state index is 0.0566. The monoisotopic (exact) mass is 392 g/mol. The first-order valence-corrected chi connectivity index (χ1v) is 9.62. The number of anilines is 1. The number of piperazine rings is 1. The van der Waals surface area contributed by atoms with Crippen LogP contribution in [0.15, 0.2) is 48.5 Å². The molecule has 1 aromatic heterocycles. The summed E-state index contributed by atoms with van der Waals surface area (Å²) in [7, 11) is 1.62. The zero-order valence-electron chi connectivity index (χ0n) is 16.6. The number of aromatic nitrogens is 1. The van der Waals surface area contributed by atoms with Crippen LogP contribution >= 0.6 is 0 Å². The number of benzene rings is 2. The van der Waals surface area contributed by atoms with Gasteiger partial charge < -0.3 is 24.8 Å². The van der Waals surface area contributed by atoms with E-state index in [2.05, 4.69) is 10.3 Å². The number of aryl methyl sites for hydroxylation is 1. The normalized spacial score (nSPS) is 14.1. The van der Waals surface area contributed by atoms with Crippen LogP contribution in [0.4, 0.5) is 10.5 Å². The van der Waals surface area contributed by atoms with Crippen LogP contribution in [0, 0.1) is 6.92 Å². The van der Waals surface area contributed by atoms with Gasteiger partial charge in [-0.1, -0.05) is 12.1 Å². The zero-order chi connectivity index (χ0) is 20.4. The number of carbonyl (C=O) groups is 2. The van der Waals surface area contributed by atoms with E-state index in [4.69, 9.17) is 4.74 Å². The predicted molar refractivity (Wildman–Crippen MR) is 113 cm³/mol. The molecule has 1 aliphatic heterocycles. The number of amides is 3. The number of carbonyl (C=O) groups excluding carboxylic acids is 2. The van der Waals surface area contributed by atoms with E-state index in [0.717, 1.165) is 27.9 Å². The van der Waals surface area contributed by atoms with Gasteiger partial charge in [-0.3, -0.25) is 4.79 Å². The van der Waals surface area contributed by atoms with Crippen molar-refractivity contribution in [3.05, 3.63) is 59.8 Å². The van der Waals surface area contributed by atoms with Crippen molar-refractivity contribution in [1.29, 1.82) is 0 Å². The molecule has 0 aliphatic carbocycles. The minimum atomic E-state index is -0.139. The topological polar surface area (TPSA) is 77.7 Å². The molecule has 1 aliphatic rings. The Balaban J connectivity index is 1.37. The SMILES string of the molecule is COc1ccc2cc(C(=O)N3CCN(C(=O)Nc4cccc(C)c4)CC3)[nH]c2c1. The third kappa shape index (κ3) is 4.03. The van der Waals surface area contributed by atoms with Gasteiger partial charge in [-0.05, 0) is 42.8 Å². The van der Waals surface area contributed by atoms with Gasteiger partial charge in [-0.2, -0.15) is 0 Å². The largest absolute Gasteiger partial charge is 0.497 e. The van der Waals surface area contributed by atoms with E-state index >= 15 is 0 Å². The summed E-state index contributed by atoms with van der Waals surface area (Å²) < 4.78 is 5.23. The van der Waals surface area contributed by atoms with Gasteiger partial charge in [0.05, 0.1) is 7.11 Å². The standard InChI is InChI=1S/C22H24N4O3/c1-15-4-3-5-17(12-15)23-22(28)26-10-8-25(9-11-26)21(27)20-13-16-6-7-18(29-2)14-19(16)24-20/h3-7,12-14,24H,8-11H2,1-2H3,(H,23,28). The molecule has 3 amide bonds. The highest BCUT2D eigenvalue weighted by molar-refractivity contribution is 5.98. The molecular weight excluding hydrogens is 368 g/mol. The minimum Gasteiger partial charge on any atom is -0.497 e. The second-order valence-electron chi connectivity index (χ2n) is 7.22. The molecule has 1 fully saturated rings. The van der Waals surface area contributed by atoms with E-state index in [1.807, 2.05) is 55.5 Å². The fourth-order valence-electron chi connectivity index (χ4n) is 3.56. The molecule has 2 heterocycles. The number of aromatic amines is 1. The van der Waals surface area contributed by atoms with Crippen LogP contribution < -0.4 is 10.1 Å². The molecule has 0 atom stereocenters. The summed E-state index contributed by atoms with van der Waals surface area (Å²) in [6.45, 7) is 3.98. The second-order valence-corrected chi connectivity index (χ2v) is 7.22. The van der Waals surface area contributed by atoms with Crippen LogP contribution in [-0.2, 0) is 0 Å². The van der Waals surface area contributed by atoms with Crippen molar-refractivity contribution in [2.24, 2.45) is 0 Å². The Kier molecular flexibility index (Phi) is 5.12. The van der Waals surface area contributed by atoms with Gasteiger partial charge in [-0.15, -0.1) is 0 Å². The molecule has 7 nitrogen and oxygen atoms in total. The van der Waals surface area contributed by atoms with Gasteiger partial charge in [0.2, 0.25) is 0 Å². The third-order valence-electron chi connectivity index (χ3n) is 5.18. The average Bonchev–Trinajstić information content (AvgIpc) is 3.16. The van der Waals surface area contributed by atoms with E-state index < -0.39 is 0 Å². The lowest BCUT2D eigenvalue weighted by atomic mass is 10.2. The first-order chi connectivity index (χ1) is 14.0. The van der Waals surface area contributed by atoms with Crippen LogP contribution in [-0.4, -0.2) is 60.0 Å². The van der Waals surface area contributed by atoms with Crippen LogP contribution in [0.5, 0.6) is 5.75 Å². The summed E-state index contributed by atoms with van der Waals surface area (Å²) in [6.07, 6.45) is 0. The maximum absolute atomic E-state index is 12.9. The van der Waals surface area contributed by atoms with Gasteiger partial charge in [0.25, 0.3) is 5.91 Å². The number of hydrogen-bond acceptors (Lipinski definition) is 3. The molecule has 150 valence electrons. The van der Waals surface area contributed by atoms with Gasteiger partial charge >= 0.3 is 6.03 Å². The van der Waals surface area contributed by atoms with Gasteiger partial charge in [0, 0.05) is 48.8 Å². The van der Waals surface area contributed by atoms with Gasteiger partial charge in [-0.25, -0.2) is 4.79 Å². The molecule has 7 heteroatoms. The first kappa shape index (κ1) is 18.9. The van der Waals surface area contributed by atoms with Crippen LogP contribution in [0.2, 0.25) is 0 Å². The number of fused-ring (bicyclic) bond motifs is 1. The number of rotatable bonds is 3. The molecule has 0 spiro atoms. The predicted octanol–water partition coefficient (Wildman–Crippen LogP) is 3.47. The molecule has 0 unspecified atom stereocenters. The molecule has 4 rings (SSSR count). The number of urea groups is 1. The number of ether oxygens (including phenoxy) is 1. The molecular formula is C22H24N4O3. The van der Waals surface area contributed by atoms with E-state index in [1.165, 1.54) is 0 Å². The Morgan fingerprint density at radius 3 is 2.48 bits per heavy atom. The van der Waals surface area contributed by atoms with E-state index in [0.29, 0.717) is 31.9 Å². The maximum atomic E-state index is 12.9. The molecule has 2 N–H and O–H groups in total. The average molecular weight is 392 g/mol. The lowest BCUT2D eigenvalue weighted by molar-refractivity contribution is 0.0667. The Morgan fingerprint density at radius 1 is 1.00 bits per heavy atom. The number of methoxy groups -OCH3 is 1. The molecule has 0 radical (unpaired) electrons. The van der Waals surface area contributed by atoms with Crippen LogP contribution in [0.1, 0.15) is 16.1 Å². The van der Waals surface area contributed by atoms with Crippen LogP contribution in [0.25, 0.3) is 10.9 Å². The van der Waals surface area contributed by atoms with E-state index in [9.17, 15) is 9.59 Å². The summed E-state index contributed by atoms with van der Waals surface area (Å²) in [4.78, 5) is 32.1. The summed E-state index contributed by atoms with van der Waals surface area (Å²) in [6, 6.07) is 15.1. The lowest BCUT2D eigenvalue weighted by Crippen LogP contribution is -2.51. The number of nitrogens with zero attached hydrogens (tertiary/aromatic N) is 2. The van der Waals surface area contributed by atoms with Gasteiger partial charge in [0.15, 0.2) is 0 Å². The van der Waals surface area contributed by atoms with Crippen molar-refractivity contribution in [3.8, 4) is 5.75 Å². The second kappa shape index (κ2) is 7.87. The lowest BCUT2D eigenvalue weighted by Gasteiger charge is -2.34. The van der Waals surface area contributed by atoms with Crippen molar-refractivity contribution in [1.82, 2.24) is 14.8 Å². The highest BCUT2D eigenvalue weighted by Crippen LogP contribution is 2.22. The number of hydrogen-bond donors (Lipinski definition) is 2. The zero-order valence-corrected chi connectivity index (χ0v) is 16.6. The maximum Gasteiger partial charge on any atom is 0.321 e. The number of H-pyrrole nitrogens is 1. The smallest absolute Gasteiger partial charge is 0.321 e. The summed E-state index contributed by atoms with van der Waals surface area (Å²) >= 11 is 0. The van der Waals surface area contributed by atoms with E-state index in [-0.39, 0.29) is 11.9 Å². The van der Waals surface area contributed by atoms with Crippen molar-refractivity contribution >= 4 is 28.5 Å². The number of nitrogens with one attached hydrogen (secondary N) is 2. The Morgan fingerprint density at radius 2 is 1.76 bits per heavy atom. The summed E-state index contributed by atoms with van der Waals surface area (Å²) in [5, 5.41) is 3.89. The molecule has 1 saturated heterocycles. The van der Waals surface area contributed by atoms with Crippen molar-refractivity contribution in [3.63, 3.8) is 0 Å². The Hall–Kier alpha value is -3.48. The Labute approximate surface area is 169 Å². The fraction of sp³-hybridized carbons (Fsp3) is 0.273. The molecule has 29 heavy (non-hydrogen) atoms. The third-order valence-corrected chi connectivity index (χ3v) is 5.18. The fourth-order valence-corrected chi connectivity index (χ4v) is 3.56. The summed E-state index contributed by atoms with van der Waals surface area (Å²) in [5.41, 5.74) is 3.28. The molecule has 0 bridgehead atoms. The van der Waals surface area contributed by atoms with Crippen molar-refractivity contribution < 1.29 is 14.3 Å². The Bertz CT molecular complexity index is 1050.